The molecule has 2 rings (SSSR count). The van der Waals surface area contributed by atoms with Gasteiger partial charge in [-0.2, -0.15) is 0 Å². The van der Waals surface area contributed by atoms with Crippen molar-refractivity contribution >= 4 is 11.7 Å². The summed E-state index contributed by atoms with van der Waals surface area (Å²) in [5.41, 5.74) is 7.08. The Bertz CT molecular complexity index is 511. The summed E-state index contributed by atoms with van der Waals surface area (Å²) in [6.07, 6.45) is 3.62. The Morgan fingerprint density at radius 3 is 2.40 bits per heavy atom. The molecule has 1 aromatic rings. The van der Waals surface area contributed by atoms with Crippen LogP contribution in [0.15, 0.2) is 12.3 Å². The number of piperidine rings is 1. The normalized spacial score (nSPS) is 18.1. The van der Waals surface area contributed by atoms with Crippen LogP contribution in [0.3, 0.4) is 0 Å². The SMILES string of the molecule is CC(=O)c1cc(C(=O)N2CCC(C(C)N)CC2)n(C)c1. The van der Waals surface area contributed by atoms with Gasteiger partial charge >= 0.3 is 0 Å². The molecule has 0 saturated carbocycles. The predicted molar refractivity (Wildman–Crippen MR) is 77.7 cm³/mol. The Morgan fingerprint density at radius 2 is 1.95 bits per heavy atom. The van der Waals surface area contributed by atoms with E-state index >= 15 is 0 Å². The zero-order valence-corrected chi connectivity index (χ0v) is 12.4. The first-order valence-corrected chi connectivity index (χ1v) is 7.12. The van der Waals surface area contributed by atoms with Gasteiger partial charge in [-0.25, -0.2) is 0 Å². The van der Waals surface area contributed by atoms with Crippen LogP contribution < -0.4 is 5.73 Å². The third-order valence-electron chi connectivity index (χ3n) is 4.20. The summed E-state index contributed by atoms with van der Waals surface area (Å²) in [5.74, 6) is 0.485. The Hall–Kier alpha value is -1.62. The van der Waals surface area contributed by atoms with E-state index in [0.717, 1.165) is 25.9 Å². The first-order chi connectivity index (χ1) is 9.40. The number of rotatable bonds is 3. The molecule has 1 saturated heterocycles. The van der Waals surface area contributed by atoms with E-state index in [4.69, 9.17) is 5.73 Å². The van der Waals surface area contributed by atoms with E-state index in [9.17, 15) is 9.59 Å². The van der Waals surface area contributed by atoms with Gasteiger partial charge in [0.15, 0.2) is 5.78 Å². The number of aromatic nitrogens is 1. The van der Waals surface area contributed by atoms with Gasteiger partial charge in [0.1, 0.15) is 5.69 Å². The molecule has 1 aliphatic heterocycles. The molecule has 0 spiro atoms. The van der Waals surface area contributed by atoms with Gasteiger partial charge < -0.3 is 15.2 Å². The molecule has 1 amide bonds. The van der Waals surface area contributed by atoms with Gasteiger partial charge in [0.05, 0.1) is 0 Å². The van der Waals surface area contributed by atoms with Crippen molar-refractivity contribution in [2.24, 2.45) is 18.7 Å². The number of hydrogen-bond donors (Lipinski definition) is 1. The van der Waals surface area contributed by atoms with Crippen molar-refractivity contribution in [1.29, 1.82) is 0 Å². The van der Waals surface area contributed by atoms with Gasteiger partial charge in [-0.3, -0.25) is 9.59 Å². The molecule has 1 aliphatic rings. The van der Waals surface area contributed by atoms with Crippen LogP contribution >= 0.6 is 0 Å². The Labute approximate surface area is 119 Å². The topological polar surface area (TPSA) is 68.3 Å². The maximum Gasteiger partial charge on any atom is 0.270 e. The van der Waals surface area contributed by atoms with Crippen LogP contribution in [0.4, 0.5) is 0 Å². The van der Waals surface area contributed by atoms with Gasteiger partial charge in [-0.05, 0) is 38.7 Å². The summed E-state index contributed by atoms with van der Waals surface area (Å²) in [4.78, 5) is 25.7. The highest BCUT2D eigenvalue weighted by Crippen LogP contribution is 2.21. The second kappa shape index (κ2) is 5.79. The fraction of sp³-hybridized carbons (Fsp3) is 0.600. The number of Topliss-reactive ketones (excluding diaryl/α,β-unsaturated/α-hetero) is 1. The summed E-state index contributed by atoms with van der Waals surface area (Å²) in [5, 5.41) is 0. The highest BCUT2D eigenvalue weighted by atomic mass is 16.2. The van der Waals surface area contributed by atoms with Gasteiger partial charge in [0.25, 0.3) is 5.91 Å². The smallest absolute Gasteiger partial charge is 0.270 e. The third kappa shape index (κ3) is 2.93. The van der Waals surface area contributed by atoms with Crippen LogP contribution in [0.5, 0.6) is 0 Å². The van der Waals surface area contributed by atoms with Crippen LogP contribution in [0, 0.1) is 5.92 Å². The molecular formula is C15H23N3O2. The minimum atomic E-state index is -0.0182. The van der Waals surface area contributed by atoms with E-state index < -0.39 is 0 Å². The molecule has 1 fully saturated rings. The Balaban J connectivity index is 2.07. The standard InChI is InChI=1S/C15H23N3O2/c1-10(16)12-4-6-18(7-5-12)15(20)14-8-13(11(2)19)9-17(14)3/h8-10,12H,4-7,16H2,1-3H3. The number of carbonyl (C=O) groups is 2. The molecule has 2 heterocycles. The molecule has 5 heteroatoms. The second-order valence-corrected chi connectivity index (χ2v) is 5.77. The van der Waals surface area contributed by atoms with Gasteiger partial charge in [0, 0.05) is 37.9 Å². The molecule has 0 aliphatic carbocycles. The first kappa shape index (κ1) is 14.8. The van der Waals surface area contributed by atoms with E-state index in [1.54, 1.807) is 23.9 Å². The van der Waals surface area contributed by atoms with Crippen molar-refractivity contribution in [3.8, 4) is 0 Å². The number of hydrogen-bond acceptors (Lipinski definition) is 3. The minimum absolute atomic E-state index is 0.00289. The zero-order valence-electron chi connectivity index (χ0n) is 12.4. The van der Waals surface area contributed by atoms with Crippen LogP contribution in [0.1, 0.15) is 47.5 Å². The maximum atomic E-state index is 12.5. The van der Waals surface area contributed by atoms with Gasteiger partial charge in [-0.15, -0.1) is 0 Å². The van der Waals surface area contributed by atoms with Gasteiger partial charge in [-0.1, -0.05) is 0 Å². The molecule has 0 aromatic carbocycles. The van der Waals surface area contributed by atoms with E-state index in [1.807, 2.05) is 11.8 Å². The lowest BCUT2D eigenvalue weighted by atomic mass is 9.91. The second-order valence-electron chi connectivity index (χ2n) is 5.77. The van der Waals surface area contributed by atoms with Crippen molar-refractivity contribution in [2.45, 2.75) is 32.7 Å². The Morgan fingerprint density at radius 1 is 1.35 bits per heavy atom. The zero-order chi connectivity index (χ0) is 14.9. The lowest BCUT2D eigenvalue weighted by Crippen LogP contribution is -2.43. The molecule has 1 unspecified atom stereocenters. The Kier molecular flexibility index (Phi) is 4.28. The first-order valence-electron chi connectivity index (χ1n) is 7.12. The van der Waals surface area contributed by atoms with Crippen molar-refractivity contribution < 1.29 is 9.59 Å². The fourth-order valence-corrected chi connectivity index (χ4v) is 2.76. The predicted octanol–water partition coefficient (Wildman–Crippen LogP) is 1.43. The summed E-state index contributed by atoms with van der Waals surface area (Å²) >= 11 is 0. The molecule has 20 heavy (non-hydrogen) atoms. The molecule has 0 radical (unpaired) electrons. The number of nitrogens with zero attached hydrogens (tertiary/aromatic N) is 2. The lowest BCUT2D eigenvalue weighted by molar-refractivity contribution is 0.0671. The number of amides is 1. The molecular weight excluding hydrogens is 254 g/mol. The van der Waals surface area contributed by atoms with Crippen molar-refractivity contribution in [1.82, 2.24) is 9.47 Å². The number of nitrogens with two attached hydrogens (primary N) is 1. The van der Waals surface area contributed by atoms with Crippen molar-refractivity contribution in [2.75, 3.05) is 13.1 Å². The van der Waals surface area contributed by atoms with E-state index in [-0.39, 0.29) is 17.7 Å². The van der Waals surface area contributed by atoms with Crippen LogP contribution in [-0.2, 0) is 7.05 Å². The molecule has 0 bridgehead atoms. The molecule has 110 valence electrons. The van der Waals surface area contributed by atoms with Crippen molar-refractivity contribution in [3.63, 3.8) is 0 Å². The lowest BCUT2D eigenvalue weighted by Gasteiger charge is -2.33. The highest BCUT2D eigenvalue weighted by molar-refractivity contribution is 5.99. The van der Waals surface area contributed by atoms with Crippen LogP contribution in [0.2, 0.25) is 0 Å². The average Bonchev–Trinajstić information content (AvgIpc) is 2.80. The number of aryl methyl sites for hydroxylation is 1. The van der Waals surface area contributed by atoms with Crippen molar-refractivity contribution in [3.05, 3.63) is 23.5 Å². The van der Waals surface area contributed by atoms with E-state index in [2.05, 4.69) is 0 Å². The summed E-state index contributed by atoms with van der Waals surface area (Å²) in [6.45, 7) is 5.02. The molecule has 5 nitrogen and oxygen atoms in total. The largest absolute Gasteiger partial charge is 0.346 e. The van der Waals surface area contributed by atoms with E-state index in [1.165, 1.54) is 6.92 Å². The average molecular weight is 277 g/mol. The van der Waals surface area contributed by atoms with Crippen LogP contribution in [0.25, 0.3) is 0 Å². The molecule has 1 aromatic heterocycles. The highest BCUT2D eigenvalue weighted by Gasteiger charge is 2.27. The minimum Gasteiger partial charge on any atom is -0.346 e. The van der Waals surface area contributed by atoms with E-state index in [0.29, 0.717) is 17.2 Å². The summed E-state index contributed by atoms with van der Waals surface area (Å²) in [6, 6.07) is 1.87. The number of carbonyl (C=O) groups excluding carboxylic acids is 2. The number of ketones is 1. The quantitative estimate of drug-likeness (QED) is 0.850. The molecule has 2 N–H and O–H groups in total. The third-order valence-corrected chi connectivity index (χ3v) is 4.20. The fourth-order valence-electron chi connectivity index (χ4n) is 2.76. The monoisotopic (exact) mass is 277 g/mol. The summed E-state index contributed by atoms with van der Waals surface area (Å²) < 4.78 is 1.73. The summed E-state index contributed by atoms with van der Waals surface area (Å²) in [7, 11) is 1.80. The van der Waals surface area contributed by atoms with Gasteiger partial charge in [0.2, 0.25) is 0 Å². The van der Waals surface area contributed by atoms with Crippen LogP contribution in [-0.4, -0.2) is 40.3 Å². The maximum absolute atomic E-state index is 12.5. The molecule has 1 atom stereocenters. The number of likely N-dealkylation sites (tertiary alicyclic amines) is 1.